The summed E-state index contributed by atoms with van der Waals surface area (Å²) in [5.41, 5.74) is 4.04. The Morgan fingerprint density at radius 2 is 2.04 bits per heavy atom. The van der Waals surface area contributed by atoms with Crippen molar-refractivity contribution in [1.82, 2.24) is 20.1 Å². The van der Waals surface area contributed by atoms with Crippen molar-refractivity contribution in [3.05, 3.63) is 34.5 Å². The van der Waals surface area contributed by atoms with Crippen molar-refractivity contribution in [1.29, 1.82) is 0 Å². The molecule has 4 nitrogen and oxygen atoms in total. The van der Waals surface area contributed by atoms with Crippen LogP contribution in [0.15, 0.2) is 18.2 Å². The van der Waals surface area contributed by atoms with Crippen LogP contribution in [0.1, 0.15) is 23.7 Å². The Hall–Kier alpha value is -1.07. The van der Waals surface area contributed by atoms with Gasteiger partial charge in [-0.05, 0) is 44.1 Å². The molecular formula is C18H25ClN4. The van der Waals surface area contributed by atoms with Crippen molar-refractivity contribution in [3.63, 3.8) is 0 Å². The molecule has 0 aliphatic carbocycles. The van der Waals surface area contributed by atoms with E-state index in [1.54, 1.807) is 0 Å². The zero-order valence-electron chi connectivity index (χ0n) is 13.7. The first-order valence-corrected chi connectivity index (χ1v) is 9.03. The van der Waals surface area contributed by atoms with Crippen molar-refractivity contribution in [2.24, 2.45) is 0 Å². The third kappa shape index (κ3) is 3.13. The molecule has 2 aliphatic heterocycles. The molecule has 1 fully saturated rings. The lowest BCUT2D eigenvalue weighted by molar-refractivity contribution is 0.148. The molecule has 0 bridgehead atoms. The van der Waals surface area contributed by atoms with Gasteiger partial charge in [-0.25, -0.2) is 0 Å². The second kappa shape index (κ2) is 6.44. The van der Waals surface area contributed by atoms with Crippen LogP contribution in [0.3, 0.4) is 0 Å². The zero-order chi connectivity index (χ0) is 15.8. The number of nitrogens with zero attached hydrogens (tertiary/aromatic N) is 2. The van der Waals surface area contributed by atoms with E-state index in [-0.39, 0.29) is 0 Å². The molecule has 0 spiro atoms. The quantitative estimate of drug-likeness (QED) is 0.906. The Bertz CT molecular complexity index is 688. The molecule has 4 rings (SSSR count). The molecule has 0 saturated carbocycles. The third-order valence-electron chi connectivity index (χ3n) is 5.35. The highest BCUT2D eigenvalue weighted by atomic mass is 35.5. The van der Waals surface area contributed by atoms with Gasteiger partial charge < -0.3 is 20.1 Å². The first kappa shape index (κ1) is 15.5. The first-order chi connectivity index (χ1) is 11.2. The Balaban J connectivity index is 1.50. The van der Waals surface area contributed by atoms with Crippen LogP contribution in [0, 0.1) is 0 Å². The second-order valence-electron chi connectivity index (χ2n) is 6.90. The highest BCUT2D eigenvalue weighted by molar-refractivity contribution is 6.31. The van der Waals surface area contributed by atoms with E-state index in [1.807, 2.05) is 12.1 Å². The summed E-state index contributed by atoms with van der Waals surface area (Å²) < 4.78 is 0. The summed E-state index contributed by atoms with van der Waals surface area (Å²) in [7, 11) is 2.21. The molecule has 0 radical (unpaired) electrons. The Kier molecular flexibility index (Phi) is 4.33. The number of likely N-dealkylation sites (N-methyl/N-ethyl adjacent to an activating group) is 1. The van der Waals surface area contributed by atoms with E-state index in [9.17, 15) is 0 Å². The number of halogens is 1. The third-order valence-corrected chi connectivity index (χ3v) is 5.58. The summed E-state index contributed by atoms with van der Waals surface area (Å²) in [6.07, 6.45) is 2.26. The fraction of sp³-hybridized carbons (Fsp3) is 0.556. The molecule has 3 heterocycles. The van der Waals surface area contributed by atoms with Crippen LogP contribution in [0.2, 0.25) is 5.02 Å². The lowest BCUT2D eigenvalue weighted by Gasteiger charge is -2.34. The standard InChI is InChI=1S/C18H25ClN4/c1-22-8-10-23(11-9-22)7-5-16-18-15(4-6-20-16)14-3-2-13(19)12-17(14)21-18/h2-3,12,16,20-21H,4-11H2,1H3/t16-/m1/s1. The number of aromatic nitrogens is 1. The van der Waals surface area contributed by atoms with E-state index < -0.39 is 0 Å². The van der Waals surface area contributed by atoms with Crippen LogP contribution < -0.4 is 5.32 Å². The smallest absolute Gasteiger partial charge is 0.0488 e. The lowest BCUT2D eigenvalue weighted by Crippen LogP contribution is -2.45. The van der Waals surface area contributed by atoms with Crippen molar-refractivity contribution in [2.45, 2.75) is 18.9 Å². The van der Waals surface area contributed by atoms with E-state index in [0.717, 1.165) is 24.4 Å². The van der Waals surface area contributed by atoms with Crippen LogP contribution in [0.5, 0.6) is 0 Å². The van der Waals surface area contributed by atoms with Gasteiger partial charge in [-0.1, -0.05) is 17.7 Å². The summed E-state index contributed by atoms with van der Waals surface area (Å²) in [5, 5.41) is 5.84. The predicted octanol–water partition coefficient (Wildman–Crippen LogP) is 2.65. The summed E-state index contributed by atoms with van der Waals surface area (Å²) >= 11 is 6.15. The van der Waals surface area contributed by atoms with Crippen molar-refractivity contribution in [2.75, 3.05) is 46.3 Å². The van der Waals surface area contributed by atoms with E-state index in [1.165, 1.54) is 54.9 Å². The maximum atomic E-state index is 6.15. The van der Waals surface area contributed by atoms with Gasteiger partial charge in [0.05, 0.1) is 0 Å². The molecule has 23 heavy (non-hydrogen) atoms. The van der Waals surface area contributed by atoms with E-state index in [0.29, 0.717) is 6.04 Å². The van der Waals surface area contributed by atoms with Gasteiger partial charge in [-0.15, -0.1) is 0 Å². The summed E-state index contributed by atoms with van der Waals surface area (Å²) in [5.74, 6) is 0. The normalized spacial score (nSPS) is 23.3. The molecule has 1 aromatic carbocycles. The first-order valence-electron chi connectivity index (χ1n) is 8.65. The maximum absolute atomic E-state index is 6.15. The van der Waals surface area contributed by atoms with Crippen LogP contribution in [0.25, 0.3) is 10.9 Å². The monoisotopic (exact) mass is 332 g/mol. The van der Waals surface area contributed by atoms with Gasteiger partial charge in [0.2, 0.25) is 0 Å². The maximum Gasteiger partial charge on any atom is 0.0488 e. The van der Waals surface area contributed by atoms with Gasteiger partial charge in [0, 0.05) is 60.4 Å². The van der Waals surface area contributed by atoms with Crippen molar-refractivity contribution >= 4 is 22.5 Å². The van der Waals surface area contributed by atoms with Gasteiger partial charge in [0.15, 0.2) is 0 Å². The number of aromatic amines is 1. The van der Waals surface area contributed by atoms with E-state index >= 15 is 0 Å². The largest absolute Gasteiger partial charge is 0.357 e. The molecule has 2 N–H and O–H groups in total. The number of nitrogens with one attached hydrogen (secondary N) is 2. The zero-order valence-corrected chi connectivity index (χ0v) is 14.5. The number of rotatable bonds is 3. The molecule has 124 valence electrons. The number of hydrogen-bond donors (Lipinski definition) is 2. The van der Waals surface area contributed by atoms with Crippen LogP contribution in [0.4, 0.5) is 0 Å². The summed E-state index contributed by atoms with van der Waals surface area (Å²) in [6.45, 7) is 7.00. The predicted molar refractivity (Wildman–Crippen MR) is 96.3 cm³/mol. The van der Waals surface area contributed by atoms with Crippen LogP contribution in [-0.4, -0.2) is 61.1 Å². The number of benzene rings is 1. The second-order valence-corrected chi connectivity index (χ2v) is 7.33. The summed E-state index contributed by atoms with van der Waals surface area (Å²) in [4.78, 5) is 8.63. The Labute approximate surface area is 142 Å². The molecular weight excluding hydrogens is 308 g/mol. The number of fused-ring (bicyclic) bond motifs is 3. The van der Waals surface area contributed by atoms with Crippen LogP contribution in [-0.2, 0) is 6.42 Å². The van der Waals surface area contributed by atoms with Gasteiger partial charge >= 0.3 is 0 Å². The molecule has 1 saturated heterocycles. The molecule has 5 heteroatoms. The molecule has 2 aromatic rings. The van der Waals surface area contributed by atoms with Crippen molar-refractivity contribution < 1.29 is 0 Å². The van der Waals surface area contributed by atoms with Gasteiger partial charge in [-0.3, -0.25) is 0 Å². The minimum absolute atomic E-state index is 0.435. The molecule has 1 aromatic heterocycles. The fourth-order valence-electron chi connectivity index (χ4n) is 3.92. The van der Waals surface area contributed by atoms with Gasteiger partial charge in [0.25, 0.3) is 0 Å². The van der Waals surface area contributed by atoms with Crippen molar-refractivity contribution in [3.8, 4) is 0 Å². The SMILES string of the molecule is CN1CCN(CC[C@H]2NCCc3c2[nH]c2cc(Cl)ccc32)CC1. The summed E-state index contributed by atoms with van der Waals surface area (Å²) in [6, 6.07) is 6.64. The Morgan fingerprint density at radius 3 is 2.87 bits per heavy atom. The molecule has 0 amide bonds. The number of hydrogen-bond acceptors (Lipinski definition) is 3. The molecule has 2 aliphatic rings. The average molecular weight is 333 g/mol. The van der Waals surface area contributed by atoms with E-state index in [4.69, 9.17) is 11.6 Å². The molecule has 1 atom stereocenters. The van der Waals surface area contributed by atoms with Crippen LogP contribution >= 0.6 is 11.6 Å². The minimum atomic E-state index is 0.435. The van der Waals surface area contributed by atoms with Gasteiger partial charge in [0.1, 0.15) is 0 Å². The fourth-order valence-corrected chi connectivity index (χ4v) is 4.09. The lowest BCUT2D eigenvalue weighted by atomic mass is 9.97. The highest BCUT2D eigenvalue weighted by Crippen LogP contribution is 2.32. The minimum Gasteiger partial charge on any atom is -0.357 e. The van der Waals surface area contributed by atoms with Gasteiger partial charge in [-0.2, -0.15) is 0 Å². The Morgan fingerprint density at radius 1 is 1.22 bits per heavy atom. The molecule has 0 unspecified atom stereocenters. The van der Waals surface area contributed by atoms with E-state index in [2.05, 4.69) is 33.2 Å². The topological polar surface area (TPSA) is 34.3 Å². The average Bonchev–Trinajstić information content (AvgIpc) is 2.92. The number of H-pyrrole nitrogens is 1. The highest BCUT2D eigenvalue weighted by Gasteiger charge is 2.24. The number of piperazine rings is 1.